The van der Waals surface area contributed by atoms with Gasteiger partial charge in [0.05, 0.1) is 10.6 Å². The third kappa shape index (κ3) is 3.87. The molecule has 0 amide bonds. The van der Waals surface area contributed by atoms with Crippen molar-refractivity contribution in [3.63, 3.8) is 0 Å². The largest absolute Gasteiger partial charge is 0.310 e. The van der Waals surface area contributed by atoms with Gasteiger partial charge >= 0.3 is 0 Å². The van der Waals surface area contributed by atoms with Gasteiger partial charge < -0.3 is 4.90 Å². The van der Waals surface area contributed by atoms with Crippen LogP contribution in [0.3, 0.4) is 0 Å². The van der Waals surface area contributed by atoms with Gasteiger partial charge in [0.1, 0.15) is 5.01 Å². The van der Waals surface area contributed by atoms with E-state index in [0.717, 1.165) is 33.3 Å². The number of anilines is 3. The first kappa shape index (κ1) is 26.7. The minimum atomic E-state index is 1.06. The summed E-state index contributed by atoms with van der Waals surface area (Å²) in [5.74, 6) is 0. The summed E-state index contributed by atoms with van der Waals surface area (Å²) >= 11 is 5.51. The Balaban J connectivity index is 1.05. The van der Waals surface area contributed by atoms with Crippen LogP contribution in [0.4, 0.5) is 17.1 Å². The summed E-state index contributed by atoms with van der Waals surface area (Å²) in [5, 5.41) is 8.88. The lowest BCUT2D eigenvalue weighted by molar-refractivity contribution is 1.29. The van der Waals surface area contributed by atoms with Crippen LogP contribution in [-0.4, -0.2) is 4.98 Å². The number of benzene rings is 7. The van der Waals surface area contributed by atoms with Crippen molar-refractivity contribution in [2.45, 2.75) is 0 Å². The van der Waals surface area contributed by atoms with Gasteiger partial charge in [-0.3, -0.25) is 0 Å². The molecule has 3 heterocycles. The van der Waals surface area contributed by atoms with E-state index >= 15 is 0 Å². The highest BCUT2D eigenvalue weighted by Crippen LogP contribution is 2.51. The Bertz CT molecular complexity index is 2740. The highest BCUT2D eigenvalue weighted by Gasteiger charge is 2.26. The van der Waals surface area contributed by atoms with Crippen molar-refractivity contribution in [2.75, 3.05) is 4.90 Å². The number of rotatable bonds is 4. The van der Waals surface area contributed by atoms with Gasteiger partial charge in [-0.25, -0.2) is 4.98 Å². The third-order valence-corrected chi connectivity index (χ3v) is 13.1. The van der Waals surface area contributed by atoms with Crippen molar-refractivity contribution in [3.05, 3.63) is 146 Å². The molecule has 0 saturated heterocycles. The quantitative estimate of drug-likeness (QED) is 0.186. The maximum absolute atomic E-state index is 5.21. The lowest BCUT2D eigenvalue weighted by atomic mass is 10.0. The lowest BCUT2D eigenvalue weighted by Crippen LogP contribution is -2.09. The smallest absolute Gasteiger partial charge is 0.124 e. The molecule has 0 spiro atoms. The number of thiazole rings is 1. The van der Waals surface area contributed by atoms with Crippen LogP contribution < -0.4 is 4.90 Å². The maximum Gasteiger partial charge on any atom is 0.124 e. The molecule has 11 rings (SSSR count). The Morgan fingerprint density at radius 3 is 1.65 bits per heavy atom. The average molecular weight is 665 g/mol. The van der Waals surface area contributed by atoms with Crippen LogP contribution >= 0.6 is 34.0 Å². The minimum Gasteiger partial charge on any atom is -0.310 e. The third-order valence-electron chi connectivity index (χ3n) is 9.64. The summed E-state index contributed by atoms with van der Waals surface area (Å²) in [6, 6.07) is 53.4. The van der Waals surface area contributed by atoms with E-state index in [1.54, 1.807) is 11.3 Å². The highest BCUT2D eigenvalue weighted by atomic mass is 32.1. The fourth-order valence-corrected chi connectivity index (χ4v) is 10.7. The predicted octanol–water partition coefficient (Wildman–Crippen LogP) is 13.8. The van der Waals surface area contributed by atoms with Crippen LogP contribution in [0.25, 0.3) is 83.4 Å². The van der Waals surface area contributed by atoms with Gasteiger partial charge in [0.15, 0.2) is 0 Å². The molecule has 10 aromatic rings. The number of thiophene rings is 2. The Morgan fingerprint density at radius 2 is 1.00 bits per heavy atom. The molecule has 48 heavy (non-hydrogen) atoms. The van der Waals surface area contributed by atoms with E-state index in [1.807, 2.05) is 22.7 Å². The normalized spacial score (nSPS) is 12.2. The van der Waals surface area contributed by atoms with Crippen LogP contribution in [-0.2, 0) is 0 Å². The summed E-state index contributed by atoms with van der Waals surface area (Å²) in [4.78, 5) is 8.89. The zero-order chi connectivity index (χ0) is 31.3. The van der Waals surface area contributed by atoms with Gasteiger partial charge in [-0.2, -0.15) is 0 Å². The van der Waals surface area contributed by atoms with Crippen molar-refractivity contribution in [1.29, 1.82) is 0 Å². The van der Waals surface area contributed by atoms with E-state index in [4.69, 9.17) is 4.98 Å². The summed E-state index contributed by atoms with van der Waals surface area (Å²) in [6.45, 7) is 0. The molecule has 224 valence electrons. The molecule has 0 aliphatic heterocycles. The van der Waals surface area contributed by atoms with Crippen LogP contribution in [0.5, 0.6) is 0 Å². The summed E-state index contributed by atoms with van der Waals surface area (Å²) < 4.78 is 5.26. The summed E-state index contributed by atoms with van der Waals surface area (Å²) in [5.41, 5.74) is 8.22. The summed E-state index contributed by atoms with van der Waals surface area (Å²) in [7, 11) is 0. The van der Waals surface area contributed by atoms with Gasteiger partial charge in [-0.15, -0.1) is 34.0 Å². The molecule has 0 bridgehead atoms. The monoisotopic (exact) mass is 664 g/mol. The van der Waals surface area contributed by atoms with Crippen molar-refractivity contribution in [1.82, 2.24) is 4.98 Å². The van der Waals surface area contributed by atoms with E-state index in [0.29, 0.717) is 0 Å². The number of aromatic nitrogens is 1. The molecule has 0 atom stereocenters. The molecular weight excluding hydrogens is 641 g/mol. The Labute approximate surface area is 288 Å². The molecule has 0 saturated carbocycles. The SMILES string of the molecule is c1cc2c3c(cccc3c1)-c1sc(-c3ccc(N(c4ccc5sc6ccccc6c5c4)c4ccc5sc6ccccc6c5c4)cc3)nc1-2. The van der Waals surface area contributed by atoms with E-state index in [1.165, 1.54) is 67.1 Å². The second-order valence-corrected chi connectivity index (χ2v) is 15.5. The molecule has 0 fully saturated rings. The van der Waals surface area contributed by atoms with Crippen molar-refractivity contribution >= 4 is 102 Å². The Kier molecular flexibility index (Phi) is 5.61. The van der Waals surface area contributed by atoms with Crippen LogP contribution in [0.15, 0.2) is 146 Å². The fraction of sp³-hybridized carbons (Fsp3) is 0. The van der Waals surface area contributed by atoms with Crippen LogP contribution in [0, 0.1) is 0 Å². The summed E-state index contributed by atoms with van der Waals surface area (Å²) in [6.07, 6.45) is 0. The fourth-order valence-electron chi connectivity index (χ4n) is 7.44. The predicted molar refractivity (Wildman–Crippen MR) is 210 cm³/mol. The van der Waals surface area contributed by atoms with E-state index in [2.05, 4.69) is 150 Å². The van der Waals surface area contributed by atoms with Crippen LogP contribution in [0.1, 0.15) is 0 Å². The van der Waals surface area contributed by atoms with Crippen molar-refractivity contribution in [2.24, 2.45) is 0 Å². The first-order valence-corrected chi connectivity index (χ1v) is 18.5. The van der Waals surface area contributed by atoms with E-state index in [-0.39, 0.29) is 0 Å². The molecule has 0 N–H and O–H groups in total. The highest BCUT2D eigenvalue weighted by molar-refractivity contribution is 7.26. The molecule has 1 aliphatic rings. The molecule has 0 radical (unpaired) electrons. The number of hydrogen-bond donors (Lipinski definition) is 0. The zero-order valence-electron chi connectivity index (χ0n) is 25.5. The van der Waals surface area contributed by atoms with Gasteiger partial charge in [-0.1, -0.05) is 72.8 Å². The molecular formula is C43H24N2S3. The van der Waals surface area contributed by atoms with Gasteiger partial charge in [0.2, 0.25) is 0 Å². The van der Waals surface area contributed by atoms with Gasteiger partial charge in [0, 0.05) is 74.1 Å². The molecule has 3 aromatic heterocycles. The minimum absolute atomic E-state index is 1.06. The van der Waals surface area contributed by atoms with Crippen molar-refractivity contribution in [3.8, 4) is 32.3 Å². The first-order valence-electron chi connectivity index (χ1n) is 16.0. The molecule has 5 heteroatoms. The second kappa shape index (κ2) is 10.1. The number of nitrogens with zero attached hydrogens (tertiary/aromatic N) is 2. The molecule has 0 unspecified atom stereocenters. The number of hydrogen-bond acceptors (Lipinski definition) is 5. The Morgan fingerprint density at radius 1 is 0.438 bits per heavy atom. The van der Waals surface area contributed by atoms with E-state index < -0.39 is 0 Å². The average Bonchev–Trinajstić information content (AvgIpc) is 3.90. The molecule has 1 aliphatic carbocycles. The van der Waals surface area contributed by atoms with Gasteiger partial charge in [-0.05, 0) is 83.6 Å². The number of fused-ring (bicyclic) bond motifs is 9. The standard InChI is InChI=1S/C43H24N2S3/c1-3-13-36-30(9-1)34-23-28(19-21-38(34)46-36)45(29-20-22-39-35(24-29)31-10-2-4-14-37(31)47-39)27-17-15-26(16-18-27)43-44-41-32-11-5-7-25-8-6-12-33(40(25)32)42(41)48-43/h1-24H. The molecule has 7 aromatic carbocycles. The van der Waals surface area contributed by atoms with E-state index in [9.17, 15) is 0 Å². The second-order valence-electron chi connectivity index (χ2n) is 12.3. The maximum atomic E-state index is 5.21. The lowest BCUT2D eigenvalue weighted by Gasteiger charge is -2.26. The zero-order valence-corrected chi connectivity index (χ0v) is 27.9. The van der Waals surface area contributed by atoms with Gasteiger partial charge in [0.25, 0.3) is 0 Å². The van der Waals surface area contributed by atoms with Crippen LogP contribution in [0.2, 0.25) is 0 Å². The first-order chi connectivity index (χ1) is 23.8. The molecule has 2 nitrogen and oxygen atoms in total. The Hall–Kier alpha value is -5.33. The van der Waals surface area contributed by atoms with Crippen molar-refractivity contribution < 1.29 is 0 Å². The topological polar surface area (TPSA) is 16.1 Å².